The van der Waals surface area contributed by atoms with Crippen molar-refractivity contribution < 1.29 is 9.90 Å². The number of para-hydroxylation sites is 1. The second kappa shape index (κ2) is 5.17. The Labute approximate surface area is 87.7 Å². The number of benzene rings is 1. The first kappa shape index (κ1) is 11.3. The molecule has 1 aromatic heterocycles. The molecule has 0 radical (unpaired) electrons. The Bertz CT molecular complexity index is 405. The van der Waals surface area contributed by atoms with E-state index in [0.717, 1.165) is 0 Å². The van der Waals surface area contributed by atoms with Gasteiger partial charge in [0.2, 0.25) is 0 Å². The van der Waals surface area contributed by atoms with E-state index in [1.165, 1.54) is 17.8 Å². The van der Waals surface area contributed by atoms with Crippen LogP contribution in [0.4, 0.5) is 0 Å². The highest BCUT2D eigenvalue weighted by molar-refractivity contribution is 5.78. The Hall–Kier alpha value is -1.81. The second-order valence-corrected chi connectivity index (χ2v) is 3.19. The zero-order valence-corrected chi connectivity index (χ0v) is 8.47. The Morgan fingerprint density at radius 2 is 2.00 bits per heavy atom. The fraction of sp³-hybridized carbons (Fsp3) is 0.182. The number of fused-ring (bicyclic) bond motifs is 1. The summed E-state index contributed by atoms with van der Waals surface area (Å²) >= 11 is 0. The molecule has 2 aromatic rings. The maximum atomic E-state index is 9.57. The zero-order chi connectivity index (χ0) is 11.3. The Morgan fingerprint density at radius 3 is 2.53 bits per heavy atom. The number of carboxylic acid groups (broad SMARTS) is 1. The molecule has 0 fully saturated rings. The minimum absolute atomic E-state index is 0.731. The van der Waals surface area contributed by atoms with Crippen LogP contribution in [0, 0.1) is 0 Å². The largest absolute Gasteiger partial charge is 0.480 e. The summed E-state index contributed by atoms with van der Waals surface area (Å²) in [6.07, 6.45) is 1.95. The van der Waals surface area contributed by atoms with Gasteiger partial charge in [0, 0.05) is 11.7 Å². The number of aromatic amines is 1. The third-order valence-corrected chi connectivity index (χ3v) is 1.85. The minimum Gasteiger partial charge on any atom is -0.480 e. The van der Waals surface area contributed by atoms with Crippen LogP contribution in [0.5, 0.6) is 0 Å². The molecule has 4 nitrogen and oxygen atoms in total. The van der Waals surface area contributed by atoms with Gasteiger partial charge in [-0.15, -0.1) is 0 Å². The summed E-state index contributed by atoms with van der Waals surface area (Å²) < 4.78 is 0. The molecular weight excluding hydrogens is 192 g/mol. The topological polar surface area (TPSA) is 79.1 Å². The molecule has 0 aliphatic heterocycles. The molecule has 0 saturated heterocycles. The molecular formula is C11H14N2O2. The van der Waals surface area contributed by atoms with Gasteiger partial charge in [-0.3, -0.25) is 4.79 Å². The first-order chi connectivity index (χ1) is 7.11. The van der Waals surface area contributed by atoms with Crippen molar-refractivity contribution in [2.45, 2.75) is 13.0 Å². The number of H-pyrrole nitrogens is 1. The predicted octanol–water partition coefficient (Wildman–Crippen LogP) is 1.59. The summed E-state index contributed by atoms with van der Waals surface area (Å²) in [6.45, 7) is 1.42. The molecule has 1 aromatic carbocycles. The molecule has 0 aliphatic carbocycles. The lowest BCUT2D eigenvalue weighted by Crippen LogP contribution is -2.25. The van der Waals surface area contributed by atoms with Crippen molar-refractivity contribution in [3.63, 3.8) is 0 Å². The van der Waals surface area contributed by atoms with Gasteiger partial charge in [-0.25, -0.2) is 0 Å². The highest BCUT2D eigenvalue weighted by Gasteiger charge is 1.99. The third kappa shape index (κ3) is 3.44. The highest BCUT2D eigenvalue weighted by Crippen LogP contribution is 2.09. The van der Waals surface area contributed by atoms with E-state index >= 15 is 0 Å². The summed E-state index contributed by atoms with van der Waals surface area (Å²) in [6, 6.07) is 9.55. The molecule has 2 rings (SSSR count). The first-order valence-corrected chi connectivity index (χ1v) is 4.62. The average molecular weight is 206 g/mol. The number of nitrogens with two attached hydrogens (primary N) is 1. The quantitative estimate of drug-likeness (QED) is 0.662. The van der Waals surface area contributed by atoms with Gasteiger partial charge in [-0.1, -0.05) is 18.2 Å². The van der Waals surface area contributed by atoms with Gasteiger partial charge in [-0.05, 0) is 24.4 Å². The van der Waals surface area contributed by atoms with E-state index in [1.54, 1.807) is 0 Å². The van der Waals surface area contributed by atoms with Gasteiger partial charge in [0.1, 0.15) is 6.04 Å². The standard InChI is InChI=1S/C8H7N.C3H7NO2/c1-2-4-8-7(3-1)5-6-9-8;1-2(4)3(5)6/h1-6,9H;2H,4H2,1H3,(H,5,6)/t;2-/m.0/s1. The van der Waals surface area contributed by atoms with Crippen LogP contribution in [-0.4, -0.2) is 22.1 Å². The maximum absolute atomic E-state index is 9.57. The Kier molecular flexibility index (Phi) is 3.88. The molecule has 1 atom stereocenters. The van der Waals surface area contributed by atoms with Crippen LogP contribution in [-0.2, 0) is 4.79 Å². The van der Waals surface area contributed by atoms with E-state index in [4.69, 9.17) is 10.8 Å². The van der Waals surface area contributed by atoms with Gasteiger partial charge in [-0.2, -0.15) is 0 Å². The maximum Gasteiger partial charge on any atom is 0.320 e. The van der Waals surface area contributed by atoms with Crippen molar-refractivity contribution in [2.75, 3.05) is 0 Å². The van der Waals surface area contributed by atoms with Crippen molar-refractivity contribution in [3.05, 3.63) is 36.5 Å². The summed E-state index contributed by atoms with van der Waals surface area (Å²) in [5, 5.41) is 9.14. The highest BCUT2D eigenvalue weighted by atomic mass is 16.4. The van der Waals surface area contributed by atoms with Crippen LogP contribution >= 0.6 is 0 Å². The van der Waals surface area contributed by atoms with Crippen LogP contribution in [0.1, 0.15) is 6.92 Å². The molecule has 15 heavy (non-hydrogen) atoms. The minimum atomic E-state index is -0.963. The number of hydrogen-bond donors (Lipinski definition) is 3. The summed E-state index contributed by atoms with van der Waals surface area (Å²) in [5.74, 6) is -0.963. The van der Waals surface area contributed by atoms with E-state index in [2.05, 4.69) is 23.2 Å². The summed E-state index contributed by atoms with van der Waals surface area (Å²) in [4.78, 5) is 12.7. The van der Waals surface area contributed by atoms with Crippen LogP contribution in [0.2, 0.25) is 0 Å². The lowest BCUT2D eigenvalue weighted by atomic mass is 10.3. The number of rotatable bonds is 1. The molecule has 1 heterocycles. The number of nitrogens with one attached hydrogen (secondary N) is 1. The normalized spacial score (nSPS) is 11.6. The summed E-state index contributed by atoms with van der Waals surface area (Å²) in [5.41, 5.74) is 6.04. The Balaban J connectivity index is 0.000000167. The van der Waals surface area contributed by atoms with E-state index in [1.807, 2.05) is 18.3 Å². The van der Waals surface area contributed by atoms with Crippen LogP contribution in [0.3, 0.4) is 0 Å². The molecule has 0 saturated carbocycles. The molecule has 0 amide bonds. The molecule has 0 bridgehead atoms. The second-order valence-electron chi connectivity index (χ2n) is 3.19. The van der Waals surface area contributed by atoms with Crippen LogP contribution in [0.25, 0.3) is 10.9 Å². The fourth-order valence-corrected chi connectivity index (χ4v) is 0.995. The van der Waals surface area contributed by atoms with E-state index in [-0.39, 0.29) is 0 Å². The van der Waals surface area contributed by atoms with Gasteiger partial charge >= 0.3 is 5.97 Å². The van der Waals surface area contributed by atoms with E-state index < -0.39 is 12.0 Å². The SMILES string of the molecule is C[C@H](N)C(=O)O.c1ccc2[nH]ccc2c1. The van der Waals surface area contributed by atoms with Crippen molar-refractivity contribution in [2.24, 2.45) is 5.73 Å². The molecule has 80 valence electrons. The van der Waals surface area contributed by atoms with Gasteiger partial charge in [0.05, 0.1) is 0 Å². The number of carbonyl (C=O) groups is 1. The average Bonchev–Trinajstić information content (AvgIpc) is 2.66. The Morgan fingerprint density at radius 1 is 1.40 bits per heavy atom. The summed E-state index contributed by atoms with van der Waals surface area (Å²) in [7, 11) is 0. The number of aliphatic carboxylic acids is 1. The number of carboxylic acids is 1. The van der Waals surface area contributed by atoms with Crippen LogP contribution in [0.15, 0.2) is 36.5 Å². The molecule has 4 N–H and O–H groups in total. The van der Waals surface area contributed by atoms with E-state index in [9.17, 15) is 4.79 Å². The van der Waals surface area contributed by atoms with Gasteiger partial charge < -0.3 is 15.8 Å². The lowest BCUT2D eigenvalue weighted by Gasteiger charge is -1.90. The fourth-order valence-electron chi connectivity index (χ4n) is 0.995. The smallest absolute Gasteiger partial charge is 0.320 e. The molecule has 0 aliphatic rings. The van der Waals surface area contributed by atoms with Crippen molar-refractivity contribution in [1.82, 2.24) is 4.98 Å². The molecule has 0 unspecified atom stereocenters. The lowest BCUT2D eigenvalue weighted by molar-refractivity contribution is -0.138. The van der Waals surface area contributed by atoms with E-state index in [0.29, 0.717) is 0 Å². The predicted molar refractivity (Wildman–Crippen MR) is 59.6 cm³/mol. The zero-order valence-electron chi connectivity index (χ0n) is 8.47. The number of aromatic nitrogens is 1. The molecule has 4 heteroatoms. The van der Waals surface area contributed by atoms with Crippen molar-refractivity contribution in [1.29, 1.82) is 0 Å². The van der Waals surface area contributed by atoms with Crippen molar-refractivity contribution in [3.8, 4) is 0 Å². The van der Waals surface area contributed by atoms with Crippen molar-refractivity contribution >= 4 is 16.9 Å². The van der Waals surface area contributed by atoms with Crippen LogP contribution < -0.4 is 5.73 Å². The first-order valence-electron chi connectivity index (χ1n) is 4.62. The van der Waals surface area contributed by atoms with Gasteiger partial charge in [0.25, 0.3) is 0 Å². The number of hydrogen-bond acceptors (Lipinski definition) is 2. The van der Waals surface area contributed by atoms with Gasteiger partial charge in [0.15, 0.2) is 0 Å². The third-order valence-electron chi connectivity index (χ3n) is 1.85. The molecule has 0 spiro atoms. The monoisotopic (exact) mass is 206 g/mol.